The molecule has 0 aliphatic rings. The number of nitrogens with one attached hydrogen (secondary N) is 1. The second-order valence-corrected chi connectivity index (χ2v) is 5.63. The first-order chi connectivity index (χ1) is 8.65. The fraction of sp³-hybridized carbons (Fsp3) is 0.0769. The van der Waals surface area contributed by atoms with Gasteiger partial charge in [-0.15, -0.1) is 0 Å². The van der Waals surface area contributed by atoms with Crippen LogP contribution in [0.25, 0.3) is 0 Å². The summed E-state index contributed by atoms with van der Waals surface area (Å²) < 4.78 is 22.2. The second-order valence-electron chi connectivity index (χ2n) is 3.80. The molecule has 18 heavy (non-hydrogen) atoms. The molecule has 2 aromatic carbocycles. The Balaban J connectivity index is 2.20. The smallest absolute Gasteiger partial charge is 0.144 e. The Labute approximate surface area is 116 Å². The molecule has 0 amide bonds. The molecular formula is C13H12BrNO2S. The molecule has 1 N–H and O–H groups in total. The molecule has 0 aliphatic heterocycles. The molecule has 0 fully saturated rings. The van der Waals surface area contributed by atoms with E-state index in [0.29, 0.717) is 0 Å². The van der Waals surface area contributed by atoms with Crippen molar-refractivity contribution in [1.29, 1.82) is 0 Å². The van der Waals surface area contributed by atoms with Crippen LogP contribution in [0.3, 0.4) is 0 Å². The van der Waals surface area contributed by atoms with Gasteiger partial charge < -0.3 is 5.32 Å². The van der Waals surface area contributed by atoms with E-state index in [2.05, 4.69) is 21.2 Å². The third-order valence-corrected chi connectivity index (χ3v) is 3.68. The summed E-state index contributed by atoms with van der Waals surface area (Å²) in [6.07, 6.45) is 0. The van der Waals surface area contributed by atoms with Crippen molar-refractivity contribution in [3.63, 3.8) is 0 Å². The molecule has 0 atom stereocenters. The van der Waals surface area contributed by atoms with Gasteiger partial charge in [0.05, 0.1) is 11.4 Å². The minimum atomic E-state index is -2.39. The fourth-order valence-corrected chi connectivity index (χ4v) is 2.60. The zero-order chi connectivity index (χ0) is 13.0. The van der Waals surface area contributed by atoms with E-state index in [1.165, 1.54) is 0 Å². The van der Waals surface area contributed by atoms with Crippen molar-refractivity contribution in [2.24, 2.45) is 0 Å². The summed E-state index contributed by atoms with van der Waals surface area (Å²) in [6, 6.07) is 15.3. The summed E-state index contributed by atoms with van der Waals surface area (Å²) in [5.41, 5.74) is 2.67. The lowest BCUT2D eigenvalue weighted by Crippen LogP contribution is -1.93. The molecule has 0 heterocycles. The molecule has 0 aromatic heterocycles. The highest BCUT2D eigenvalue weighted by atomic mass is 79.9. The molecule has 94 valence electrons. The van der Waals surface area contributed by atoms with Gasteiger partial charge in [-0.05, 0) is 45.8 Å². The van der Waals surface area contributed by atoms with Crippen LogP contribution in [0, 0.1) is 0 Å². The van der Waals surface area contributed by atoms with E-state index in [4.69, 9.17) is 0 Å². The van der Waals surface area contributed by atoms with Crippen molar-refractivity contribution in [2.75, 3.05) is 5.32 Å². The quantitative estimate of drug-likeness (QED) is 0.848. The summed E-state index contributed by atoms with van der Waals surface area (Å²) >= 11 is 3.44. The molecule has 0 radical (unpaired) electrons. The molecule has 5 heteroatoms. The van der Waals surface area contributed by atoms with Gasteiger partial charge in [0, 0.05) is 10.2 Å². The number of para-hydroxylation sites is 1. The van der Waals surface area contributed by atoms with Crippen LogP contribution in [0.4, 0.5) is 11.4 Å². The first kappa shape index (κ1) is 13.1. The topological polar surface area (TPSA) is 46.2 Å². The number of hydrogen-bond acceptors (Lipinski definition) is 3. The van der Waals surface area contributed by atoms with Crippen molar-refractivity contribution in [3.05, 3.63) is 58.6 Å². The average Bonchev–Trinajstić information content (AvgIpc) is 2.33. The Kier molecular flexibility index (Phi) is 4.38. The van der Waals surface area contributed by atoms with Crippen molar-refractivity contribution >= 4 is 38.0 Å². The Hall–Kier alpha value is -1.33. The number of thiol groups is 1. The zero-order valence-electron chi connectivity index (χ0n) is 9.47. The largest absolute Gasteiger partial charge is 0.355 e. The molecule has 0 aliphatic carbocycles. The third kappa shape index (κ3) is 3.58. The van der Waals surface area contributed by atoms with E-state index in [1.54, 1.807) is 6.07 Å². The van der Waals surface area contributed by atoms with E-state index >= 15 is 0 Å². The molecule has 0 saturated heterocycles. The van der Waals surface area contributed by atoms with Crippen LogP contribution >= 0.6 is 15.9 Å². The monoisotopic (exact) mass is 325 g/mol. The maximum absolute atomic E-state index is 10.7. The molecule has 2 aromatic rings. The third-order valence-electron chi connectivity index (χ3n) is 2.40. The second kappa shape index (κ2) is 6.02. The first-order valence-electron chi connectivity index (χ1n) is 5.37. The van der Waals surface area contributed by atoms with Gasteiger partial charge >= 0.3 is 0 Å². The highest BCUT2D eigenvalue weighted by Gasteiger charge is 2.02. The Morgan fingerprint density at radius 1 is 1.06 bits per heavy atom. The highest BCUT2D eigenvalue weighted by molar-refractivity contribution is 9.10. The van der Waals surface area contributed by atoms with E-state index in [9.17, 15) is 8.42 Å². The minimum absolute atomic E-state index is 0.0690. The number of anilines is 2. The van der Waals surface area contributed by atoms with E-state index < -0.39 is 10.7 Å². The van der Waals surface area contributed by atoms with Crippen LogP contribution in [-0.2, 0) is 16.5 Å². The molecule has 0 saturated carbocycles. The summed E-state index contributed by atoms with van der Waals surface area (Å²) in [6.45, 7) is 0. The Morgan fingerprint density at radius 2 is 1.78 bits per heavy atom. The van der Waals surface area contributed by atoms with Crippen LogP contribution in [-0.4, -0.2) is 8.42 Å². The van der Waals surface area contributed by atoms with Crippen LogP contribution in [0.5, 0.6) is 0 Å². The lowest BCUT2D eigenvalue weighted by Gasteiger charge is -2.09. The van der Waals surface area contributed by atoms with Crippen LogP contribution in [0.1, 0.15) is 5.56 Å². The number of halogens is 1. The summed E-state index contributed by atoms with van der Waals surface area (Å²) in [7, 11) is -2.39. The maximum atomic E-state index is 10.7. The van der Waals surface area contributed by atoms with Crippen LogP contribution < -0.4 is 5.32 Å². The van der Waals surface area contributed by atoms with Crippen LogP contribution in [0.15, 0.2) is 53.0 Å². The zero-order valence-corrected chi connectivity index (χ0v) is 11.9. The number of rotatable bonds is 4. The Morgan fingerprint density at radius 3 is 2.39 bits per heavy atom. The van der Waals surface area contributed by atoms with Gasteiger partial charge in [-0.2, -0.15) is 0 Å². The highest BCUT2D eigenvalue weighted by Crippen LogP contribution is 2.27. The van der Waals surface area contributed by atoms with Crippen molar-refractivity contribution in [2.45, 2.75) is 5.75 Å². The van der Waals surface area contributed by atoms with E-state index in [0.717, 1.165) is 21.4 Å². The van der Waals surface area contributed by atoms with E-state index in [-0.39, 0.29) is 5.75 Å². The summed E-state index contributed by atoms with van der Waals surface area (Å²) in [5.74, 6) is 0.0690. The predicted molar refractivity (Wildman–Crippen MR) is 77.9 cm³/mol. The lowest BCUT2D eigenvalue weighted by atomic mass is 10.2. The molecule has 3 nitrogen and oxygen atoms in total. The molecule has 0 unspecified atom stereocenters. The maximum Gasteiger partial charge on any atom is 0.144 e. The number of benzene rings is 2. The summed E-state index contributed by atoms with van der Waals surface area (Å²) in [4.78, 5) is 0. The van der Waals surface area contributed by atoms with Gasteiger partial charge in [0.2, 0.25) is 0 Å². The normalized spacial score (nSPS) is 10.6. The van der Waals surface area contributed by atoms with Gasteiger partial charge in [-0.25, -0.2) is 8.42 Å². The Bertz CT molecular complexity index is 604. The SMILES string of the molecule is O=[SH](=O)Cc1ccc(Nc2ccccc2)c(Br)c1. The average molecular weight is 326 g/mol. The molecule has 2 rings (SSSR count). The van der Waals surface area contributed by atoms with Crippen molar-refractivity contribution in [3.8, 4) is 0 Å². The predicted octanol–water partition coefficient (Wildman–Crippen LogP) is 3.30. The van der Waals surface area contributed by atoms with Gasteiger partial charge in [0.25, 0.3) is 0 Å². The summed E-state index contributed by atoms with van der Waals surface area (Å²) in [5, 5.41) is 3.25. The molecular weight excluding hydrogens is 314 g/mol. The van der Waals surface area contributed by atoms with Crippen LogP contribution in [0.2, 0.25) is 0 Å². The van der Waals surface area contributed by atoms with Crippen molar-refractivity contribution < 1.29 is 8.42 Å². The standard InChI is InChI=1S/C13H12BrNO2S/c14-12-8-10(9-18(16)17)6-7-13(12)15-11-4-2-1-3-5-11/h1-8,15,18H,9H2. The molecule has 0 bridgehead atoms. The van der Waals surface area contributed by atoms with E-state index in [1.807, 2.05) is 42.5 Å². The first-order valence-corrected chi connectivity index (χ1v) is 7.53. The fourth-order valence-electron chi connectivity index (χ4n) is 1.58. The molecule has 0 spiro atoms. The lowest BCUT2D eigenvalue weighted by molar-refractivity contribution is 0.614. The van der Waals surface area contributed by atoms with Crippen molar-refractivity contribution in [1.82, 2.24) is 0 Å². The minimum Gasteiger partial charge on any atom is -0.355 e. The van der Waals surface area contributed by atoms with Gasteiger partial charge in [-0.3, -0.25) is 0 Å². The van der Waals surface area contributed by atoms with Gasteiger partial charge in [-0.1, -0.05) is 24.3 Å². The van der Waals surface area contributed by atoms with Gasteiger partial charge in [0.1, 0.15) is 10.7 Å². The number of hydrogen-bond donors (Lipinski definition) is 2. The van der Waals surface area contributed by atoms with Gasteiger partial charge in [0.15, 0.2) is 0 Å².